The van der Waals surface area contributed by atoms with Crippen molar-refractivity contribution in [2.75, 3.05) is 25.0 Å². The molecule has 2 aromatic rings. The molecule has 0 aliphatic carbocycles. The van der Waals surface area contributed by atoms with E-state index < -0.39 is 10.0 Å². The second kappa shape index (κ2) is 9.41. The number of unbranched alkanes of at least 4 members (excludes halogenated alkanes) is 2. The van der Waals surface area contributed by atoms with Crippen molar-refractivity contribution in [2.45, 2.75) is 31.1 Å². The van der Waals surface area contributed by atoms with Gasteiger partial charge in [0.25, 0.3) is 15.9 Å². The molecule has 1 N–H and O–H groups in total. The Labute approximate surface area is 161 Å². The number of benzene rings is 2. The SMILES string of the molecule is CCCCCNC(=O)c1cccc(S(=O)(=O)N(C)c2ccc(OC)cc2)c1. The Morgan fingerprint density at radius 3 is 2.44 bits per heavy atom. The standard InChI is InChI=1S/C20H26N2O4S/c1-4-5-6-14-21-20(23)16-8-7-9-19(15-16)27(24,25)22(2)17-10-12-18(26-3)13-11-17/h7-13,15H,4-6,14H2,1-3H3,(H,21,23). The van der Waals surface area contributed by atoms with Gasteiger partial charge in [-0.3, -0.25) is 9.10 Å². The maximum absolute atomic E-state index is 12.9. The smallest absolute Gasteiger partial charge is 0.264 e. The first-order valence-corrected chi connectivity index (χ1v) is 10.4. The monoisotopic (exact) mass is 390 g/mol. The molecule has 0 fully saturated rings. The minimum atomic E-state index is -3.78. The van der Waals surface area contributed by atoms with Crippen molar-refractivity contribution in [3.05, 3.63) is 54.1 Å². The molecule has 146 valence electrons. The Morgan fingerprint density at radius 1 is 1.11 bits per heavy atom. The van der Waals surface area contributed by atoms with Gasteiger partial charge in [-0.05, 0) is 48.9 Å². The number of carbonyl (C=O) groups excluding carboxylic acids is 1. The van der Waals surface area contributed by atoms with Gasteiger partial charge in [-0.25, -0.2) is 8.42 Å². The number of anilines is 1. The van der Waals surface area contributed by atoms with Crippen molar-refractivity contribution in [3.8, 4) is 5.75 Å². The van der Waals surface area contributed by atoms with Gasteiger partial charge in [-0.2, -0.15) is 0 Å². The lowest BCUT2D eigenvalue weighted by Crippen LogP contribution is -2.28. The molecule has 0 bridgehead atoms. The maximum atomic E-state index is 12.9. The van der Waals surface area contributed by atoms with Crippen molar-refractivity contribution in [1.29, 1.82) is 0 Å². The number of methoxy groups -OCH3 is 1. The first-order chi connectivity index (χ1) is 12.9. The molecule has 0 atom stereocenters. The second-order valence-corrected chi connectivity index (χ2v) is 8.13. The first kappa shape index (κ1) is 20.8. The maximum Gasteiger partial charge on any atom is 0.264 e. The van der Waals surface area contributed by atoms with Crippen molar-refractivity contribution in [2.24, 2.45) is 0 Å². The highest BCUT2D eigenvalue weighted by molar-refractivity contribution is 7.92. The topological polar surface area (TPSA) is 75.7 Å². The lowest BCUT2D eigenvalue weighted by atomic mass is 10.2. The van der Waals surface area contributed by atoms with Crippen LogP contribution in [0, 0.1) is 0 Å². The molecule has 2 rings (SSSR count). The van der Waals surface area contributed by atoms with Crippen LogP contribution in [-0.2, 0) is 10.0 Å². The molecule has 0 aliphatic rings. The molecule has 27 heavy (non-hydrogen) atoms. The van der Waals surface area contributed by atoms with Gasteiger partial charge in [0.2, 0.25) is 0 Å². The highest BCUT2D eigenvalue weighted by Gasteiger charge is 2.22. The Morgan fingerprint density at radius 2 is 1.81 bits per heavy atom. The van der Waals surface area contributed by atoms with E-state index in [0.29, 0.717) is 23.5 Å². The first-order valence-electron chi connectivity index (χ1n) is 8.91. The number of ether oxygens (including phenoxy) is 1. The van der Waals surface area contributed by atoms with Crippen LogP contribution in [0.2, 0.25) is 0 Å². The van der Waals surface area contributed by atoms with Gasteiger partial charge in [-0.15, -0.1) is 0 Å². The van der Waals surface area contributed by atoms with Crippen molar-refractivity contribution in [1.82, 2.24) is 5.32 Å². The minimum absolute atomic E-state index is 0.0713. The summed E-state index contributed by atoms with van der Waals surface area (Å²) in [5.74, 6) is 0.376. The van der Waals surface area contributed by atoms with Gasteiger partial charge in [-0.1, -0.05) is 25.8 Å². The fourth-order valence-electron chi connectivity index (χ4n) is 2.57. The van der Waals surface area contributed by atoms with Gasteiger partial charge in [0, 0.05) is 19.2 Å². The van der Waals surface area contributed by atoms with E-state index in [4.69, 9.17) is 4.74 Å². The number of amides is 1. The number of rotatable bonds is 9. The van der Waals surface area contributed by atoms with E-state index in [1.807, 2.05) is 0 Å². The molecule has 6 nitrogen and oxygen atoms in total. The average Bonchev–Trinajstić information content (AvgIpc) is 2.70. The number of carbonyl (C=O) groups is 1. The molecule has 0 unspecified atom stereocenters. The molecular formula is C20H26N2O4S. The molecule has 0 spiro atoms. The number of nitrogens with zero attached hydrogens (tertiary/aromatic N) is 1. The second-order valence-electron chi connectivity index (χ2n) is 6.16. The molecule has 2 aromatic carbocycles. The lowest BCUT2D eigenvalue weighted by molar-refractivity contribution is 0.0952. The molecule has 1 amide bonds. The van der Waals surface area contributed by atoms with Crippen LogP contribution in [0.4, 0.5) is 5.69 Å². The number of hydrogen-bond acceptors (Lipinski definition) is 4. The molecular weight excluding hydrogens is 364 g/mol. The molecule has 0 saturated carbocycles. The normalized spacial score (nSPS) is 11.1. The largest absolute Gasteiger partial charge is 0.497 e. The van der Waals surface area contributed by atoms with E-state index in [9.17, 15) is 13.2 Å². The van der Waals surface area contributed by atoms with Crippen molar-refractivity contribution >= 4 is 21.6 Å². The Bertz CT molecular complexity index is 864. The predicted octanol–water partition coefficient (Wildman–Crippen LogP) is 3.44. The van der Waals surface area contributed by atoms with Crippen molar-refractivity contribution in [3.63, 3.8) is 0 Å². The zero-order valence-corrected chi connectivity index (χ0v) is 16.8. The Kier molecular flexibility index (Phi) is 7.24. The fraction of sp³-hybridized carbons (Fsp3) is 0.350. The number of nitrogens with one attached hydrogen (secondary N) is 1. The minimum Gasteiger partial charge on any atom is -0.497 e. The molecule has 0 aliphatic heterocycles. The summed E-state index contributed by atoms with van der Waals surface area (Å²) in [7, 11) is -0.754. The van der Waals surface area contributed by atoms with Gasteiger partial charge in [0.1, 0.15) is 5.75 Å². The zero-order chi connectivity index (χ0) is 19.9. The van der Waals surface area contributed by atoms with Crippen molar-refractivity contribution < 1.29 is 17.9 Å². The number of sulfonamides is 1. The van der Waals surface area contributed by atoms with Gasteiger partial charge >= 0.3 is 0 Å². The third-order valence-corrected chi connectivity index (χ3v) is 6.04. The van der Waals surface area contributed by atoms with Crippen LogP contribution in [-0.4, -0.2) is 35.0 Å². The molecule has 0 heterocycles. The van der Waals surface area contributed by atoms with E-state index in [1.54, 1.807) is 43.5 Å². The number of hydrogen-bond donors (Lipinski definition) is 1. The van der Waals surface area contributed by atoms with Crippen LogP contribution in [0.1, 0.15) is 36.5 Å². The molecule has 0 saturated heterocycles. The lowest BCUT2D eigenvalue weighted by Gasteiger charge is -2.20. The molecule has 7 heteroatoms. The molecule has 0 radical (unpaired) electrons. The summed E-state index contributed by atoms with van der Waals surface area (Å²) in [5.41, 5.74) is 0.834. The highest BCUT2D eigenvalue weighted by atomic mass is 32.2. The summed E-state index contributed by atoms with van der Waals surface area (Å²) >= 11 is 0. The van der Waals surface area contributed by atoms with E-state index in [2.05, 4.69) is 12.2 Å². The molecule has 0 aromatic heterocycles. The van der Waals surface area contributed by atoms with Gasteiger partial charge in [0.15, 0.2) is 0 Å². The van der Waals surface area contributed by atoms with E-state index in [-0.39, 0.29) is 10.8 Å². The zero-order valence-electron chi connectivity index (χ0n) is 15.9. The van der Waals surface area contributed by atoms with E-state index in [1.165, 1.54) is 23.5 Å². The van der Waals surface area contributed by atoms with Gasteiger partial charge in [0.05, 0.1) is 17.7 Å². The quantitative estimate of drug-likeness (QED) is 0.666. The van der Waals surface area contributed by atoms with Crippen LogP contribution >= 0.6 is 0 Å². The third-order valence-electron chi connectivity index (χ3n) is 4.26. The summed E-state index contributed by atoms with van der Waals surface area (Å²) in [6.45, 7) is 2.67. The Hall–Kier alpha value is -2.54. The van der Waals surface area contributed by atoms with Crippen LogP contribution in [0.25, 0.3) is 0 Å². The van der Waals surface area contributed by atoms with Crippen LogP contribution in [0.15, 0.2) is 53.4 Å². The summed E-state index contributed by atoms with van der Waals surface area (Å²) < 4.78 is 32.1. The van der Waals surface area contributed by atoms with Gasteiger partial charge < -0.3 is 10.1 Å². The van der Waals surface area contributed by atoms with E-state index in [0.717, 1.165) is 19.3 Å². The van der Waals surface area contributed by atoms with Crippen LogP contribution in [0.5, 0.6) is 5.75 Å². The summed E-state index contributed by atoms with van der Waals surface area (Å²) in [5, 5.41) is 2.82. The predicted molar refractivity (Wildman–Crippen MR) is 107 cm³/mol. The average molecular weight is 391 g/mol. The van der Waals surface area contributed by atoms with Crippen LogP contribution < -0.4 is 14.4 Å². The third kappa shape index (κ3) is 5.23. The summed E-state index contributed by atoms with van der Waals surface area (Å²) in [6, 6.07) is 12.8. The fourth-order valence-corrected chi connectivity index (χ4v) is 3.81. The van der Waals surface area contributed by atoms with Crippen LogP contribution in [0.3, 0.4) is 0 Å². The Balaban J connectivity index is 2.18. The van der Waals surface area contributed by atoms with E-state index >= 15 is 0 Å². The summed E-state index contributed by atoms with van der Waals surface area (Å²) in [4.78, 5) is 12.3. The highest BCUT2D eigenvalue weighted by Crippen LogP contribution is 2.24. The summed E-state index contributed by atoms with van der Waals surface area (Å²) in [6.07, 6.45) is 3.02.